The molecule has 1 aliphatic carbocycles. The first kappa shape index (κ1) is 13.2. The fraction of sp³-hybridized carbons (Fsp3) is 0.500. The van der Waals surface area contributed by atoms with Crippen LogP contribution in [0.5, 0.6) is 0 Å². The van der Waals surface area contributed by atoms with Crippen molar-refractivity contribution in [2.24, 2.45) is 11.1 Å². The molecule has 0 bridgehead atoms. The molecule has 100 valence electrons. The van der Waals surface area contributed by atoms with Gasteiger partial charge in [-0.2, -0.15) is 8.42 Å². The van der Waals surface area contributed by atoms with Crippen molar-refractivity contribution in [2.45, 2.75) is 32.2 Å². The molecule has 0 aromatic heterocycles. The lowest BCUT2D eigenvalue weighted by Crippen LogP contribution is -2.23. The van der Waals surface area contributed by atoms with Gasteiger partial charge >= 0.3 is 0 Å². The van der Waals surface area contributed by atoms with Crippen molar-refractivity contribution < 1.29 is 8.42 Å². The molecule has 4 N–H and O–H groups in total. The van der Waals surface area contributed by atoms with Gasteiger partial charge in [-0.15, -0.1) is 0 Å². The average Bonchev–Trinajstić information content (AvgIpc) is 2.62. The zero-order valence-corrected chi connectivity index (χ0v) is 11.2. The van der Waals surface area contributed by atoms with Crippen LogP contribution in [-0.2, 0) is 10.2 Å². The fourth-order valence-corrected chi connectivity index (χ4v) is 2.87. The lowest BCUT2D eigenvalue weighted by atomic mass is 10.1. The molecule has 5 nitrogen and oxygen atoms in total. The van der Waals surface area contributed by atoms with Crippen LogP contribution in [-0.4, -0.2) is 14.5 Å². The van der Waals surface area contributed by atoms with Crippen LogP contribution < -0.4 is 15.2 Å². The first-order valence-corrected chi connectivity index (χ1v) is 7.66. The van der Waals surface area contributed by atoms with Gasteiger partial charge in [0.15, 0.2) is 0 Å². The molecule has 0 heterocycles. The molecule has 1 saturated carbocycles. The molecular formula is C12H19N3O2S. The van der Waals surface area contributed by atoms with Crippen LogP contribution in [0, 0.1) is 5.92 Å². The van der Waals surface area contributed by atoms with Crippen molar-refractivity contribution in [3.8, 4) is 0 Å². The Hall–Kier alpha value is -1.27. The maximum absolute atomic E-state index is 11.0. The fourth-order valence-electron chi connectivity index (χ4n) is 2.41. The number of nitrogens with two attached hydrogens (primary N) is 1. The average molecular weight is 269 g/mol. The third kappa shape index (κ3) is 3.61. The van der Waals surface area contributed by atoms with Crippen molar-refractivity contribution in [1.29, 1.82) is 0 Å². The molecule has 1 fully saturated rings. The smallest absolute Gasteiger partial charge is 0.296 e. The summed E-state index contributed by atoms with van der Waals surface area (Å²) in [5.74, 6) is 0.653. The van der Waals surface area contributed by atoms with Gasteiger partial charge in [-0.25, -0.2) is 5.14 Å². The molecule has 1 aromatic carbocycles. The van der Waals surface area contributed by atoms with E-state index in [9.17, 15) is 8.42 Å². The molecule has 2 rings (SSSR count). The minimum absolute atomic E-state index is 0.467. The predicted octanol–water partition coefficient (Wildman–Crippen LogP) is 1.90. The van der Waals surface area contributed by atoms with Crippen molar-refractivity contribution in [3.63, 3.8) is 0 Å². The topological polar surface area (TPSA) is 84.2 Å². The third-order valence-corrected chi connectivity index (χ3v) is 3.86. The summed E-state index contributed by atoms with van der Waals surface area (Å²) in [4.78, 5) is 0. The molecular weight excluding hydrogens is 250 g/mol. The van der Waals surface area contributed by atoms with E-state index in [0.717, 1.165) is 12.1 Å². The second-order valence-electron chi connectivity index (χ2n) is 4.89. The van der Waals surface area contributed by atoms with Crippen LogP contribution >= 0.6 is 0 Å². The van der Waals surface area contributed by atoms with Gasteiger partial charge in [0.2, 0.25) is 0 Å². The number of hydrogen-bond acceptors (Lipinski definition) is 3. The molecule has 2 atom stereocenters. The van der Waals surface area contributed by atoms with Gasteiger partial charge in [0.25, 0.3) is 10.2 Å². The van der Waals surface area contributed by atoms with E-state index in [4.69, 9.17) is 5.14 Å². The third-order valence-electron chi connectivity index (χ3n) is 3.34. The zero-order valence-electron chi connectivity index (χ0n) is 10.4. The van der Waals surface area contributed by atoms with Crippen LogP contribution in [0.1, 0.15) is 26.2 Å². The molecule has 6 heteroatoms. The highest BCUT2D eigenvalue weighted by Crippen LogP contribution is 2.28. The largest absolute Gasteiger partial charge is 0.382 e. The van der Waals surface area contributed by atoms with Gasteiger partial charge in [0.05, 0.1) is 5.69 Å². The highest BCUT2D eigenvalue weighted by Gasteiger charge is 2.22. The van der Waals surface area contributed by atoms with Crippen molar-refractivity contribution in [2.75, 3.05) is 10.0 Å². The zero-order chi connectivity index (χ0) is 13.2. The minimum atomic E-state index is -3.71. The summed E-state index contributed by atoms with van der Waals surface area (Å²) in [7, 11) is -3.71. The van der Waals surface area contributed by atoms with E-state index in [1.165, 1.54) is 12.8 Å². The van der Waals surface area contributed by atoms with Crippen molar-refractivity contribution >= 4 is 21.6 Å². The van der Waals surface area contributed by atoms with Crippen LogP contribution in [0.3, 0.4) is 0 Å². The van der Waals surface area contributed by atoms with Crippen LogP contribution in [0.25, 0.3) is 0 Å². The maximum atomic E-state index is 11.0. The Morgan fingerprint density at radius 2 is 2.00 bits per heavy atom. The summed E-state index contributed by atoms with van der Waals surface area (Å²) in [6, 6.07) is 7.63. The van der Waals surface area contributed by atoms with Gasteiger partial charge in [0.1, 0.15) is 0 Å². The molecule has 0 spiro atoms. The number of rotatable bonds is 4. The Morgan fingerprint density at radius 1 is 1.28 bits per heavy atom. The van der Waals surface area contributed by atoms with E-state index in [2.05, 4.69) is 17.0 Å². The highest BCUT2D eigenvalue weighted by atomic mass is 32.2. The van der Waals surface area contributed by atoms with Gasteiger partial charge in [-0.3, -0.25) is 4.72 Å². The van der Waals surface area contributed by atoms with Crippen molar-refractivity contribution in [3.05, 3.63) is 24.3 Å². The van der Waals surface area contributed by atoms with E-state index in [0.29, 0.717) is 17.6 Å². The van der Waals surface area contributed by atoms with Gasteiger partial charge in [-0.05, 0) is 37.0 Å². The Balaban J connectivity index is 2.07. The summed E-state index contributed by atoms with van der Waals surface area (Å²) in [5, 5.41) is 8.39. The molecule has 1 aromatic rings. The summed E-state index contributed by atoms with van der Waals surface area (Å²) in [5.41, 5.74) is 1.40. The van der Waals surface area contributed by atoms with Gasteiger partial charge in [-0.1, -0.05) is 19.4 Å². The van der Waals surface area contributed by atoms with E-state index in [-0.39, 0.29) is 0 Å². The van der Waals surface area contributed by atoms with Crippen molar-refractivity contribution in [1.82, 2.24) is 0 Å². The number of benzene rings is 1. The molecule has 0 amide bonds. The van der Waals surface area contributed by atoms with Gasteiger partial charge < -0.3 is 5.32 Å². The standard InChI is InChI=1S/C12H19N3O2S/c1-9-4-2-7-12(9)14-10-5-3-6-11(8-10)15-18(13,16)17/h3,5-6,8-9,12,14-15H,2,4,7H2,1H3,(H2,13,16,17). The van der Waals surface area contributed by atoms with E-state index in [1.54, 1.807) is 18.2 Å². The Kier molecular flexibility index (Phi) is 3.77. The quantitative estimate of drug-likeness (QED) is 0.780. The predicted molar refractivity (Wildman–Crippen MR) is 73.6 cm³/mol. The molecule has 1 aliphatic rings. The normalized spacial score (nSPS) is 23.9. The van der Waals surface area contributed by atoms with E-state index >= 15 is 0 Å². The molecule has 18 heavy (non-hydrogen) atoms. The van der Waals surface area contributed by atoms with E-state index in [1.807, 2.05) is 6.07 Å². The van der Waals surface area contributed by atoms with Crippen LogP contribution in [0.4, 0.5) is 11.4 Å². The summed E-state index contributed by atoms with van der Waals surface area (Å²) in [6.07, 6.45) is 3.65. The lowest BCUT2D eigenvalue weighted by molar-refractivity contribution is 0.556. The molecule has 0 radical (unpaired) electrons. The van der Waals surface area contributed by atoms with Gasteiger partial charge in [0, 0.05) is 11.7 Å². The maximum Gasteiger partial charge on any atom is 0.296 e. The van der Waals surface area contributed by atoms with Crippen LogP contribution in [0.2, 0.25) is 0 Å². The SMILES string of the molecule is CC1CCCC1Nc1cccc(NS(N)(=O)=O)c1. The molecule has 0 aliphatic heterocycles. The lowest BCUT2D eigenvalue weighted by Gasteiger charge is -2.19. The summed E-state index contributed by atoms with van der Waals surface area (Å²) < 4.78 is 24.2. The summed E-state index contributed by atoms with van der Waals surface area (Å²) >= 11 is 0. The Bertz CT molecular complexity index is 516. The number of hydrogen-bond donors (Lipinski definition) is 3. The Morgan fingerprint density at radius 3 is 2.61 bits per heavy atom. The Labute approximate surface area is 108 Å². The number of nitrogens with one attached hydrogen (secondary N) is 2. The summed E-state index contributed by atoms with van der Waals surface area (Å²) in [6.45, 7) is 2.23. The molecule has 2 unspecified atom stereocenters. The van der Waals surface area contributed by atoms with Crippen LogP contribution in [0.15, 0.2) is 24.3 Å². The molecule has 0 saturated heterocycles. The minimum Gasteiger partial charge on any atom is -0.382 e. The first-order valence-electron chi connectivity index (χ1n) is 6.11. The number of anilines is 2. The second-order valence-corrected chi connectivity index (χ2v) is 6.18. The highest BCUT2D eigenvalue weighted by molar-refractivity contribution is 7.90. The van der Waals surface area contributed by atoms with E-state index < -0.39 is 10.2 Å². The second kappa shape index (κ2) is 5.16. The first-order chi connectivity index (χ1) is 8.44. The monoisotopic (exact) mass is 269 g/mol.